The molecule has 0 spiro atoms. The molecule has 0 saturated heterocycles. The molecule has 1 saturated carbocycles. The standard InChI is InChI=1S/C19H21NO4S/c21-19(20-14-4-2-1-3-5-14)18-8-13(11-25-18)10-22-15-6-7-16-17(9-15)24-12-23-16/h6-9,11,14H,1-5,10,12H2,(H,20,21). The Labute approximate surface area is 150 Å². The molecular formula is C19H21NO4S. The molecule has 4 rings (SSSR count). The summed E-state index contributed by atoms with van der Waals surface area (Å²) in [7, 11) is 0. The van der Waals surface area contributed by atoms with Gasteiger partial charge in [0.2, 0.25) is 6.79 Å². The Balaban J connectivity index is 1.32. The molecule has 0 unspecified atom stereocenters. The summed E-state index contributed by atoms with van der Waals surface area (Å²) in [6.45, 7) is 0.676. The van der Waals surface area contributed by atoms with Crippen molar-refractivity contribution in [1.29, 1.82) is 0 Å². The normalized spacial score (nSPS) is 16.6. The van der Waals surface area contributed by atoms with Crippen molar-refractivity contribution in [3.63, 3.8) is 0 Å². The Bertz CT molecular complexity index is 752. The van der Waals surface area contributed by atoms with E-state index in [1.807, 2.05) is 29.6 Å². The number of thiophene rings is 1. The maximum absolute atomic E-state index is 12.4. The second-order valence-corrected chi connectivity index (χ2v) is 7.34. The first-order chi connectivity index (χ1) is 12.3. The molecule has 0 bridgehead atoms. The summed E-state index contributed by atoms with van der Waals surface area (Å²) >= 11 is 1.46. The van der Waals surface area contributed by atoms with Gasteiger partial charge >= 0.3 is 0 Å². The second kappa shape index (κ2) is 7.35. The van der Waals surface area contributed by atoms with Crippen LogP contribution in [0.4, 0.5) is 0 Å². The zero-order chi connectivity index (χ0) is 17.1. The van der Waals surface area contributed by atoms with Crippen molar-refractivity contribution in [3.8, 4) is 17.2 Å². The number of fused-ring (bicyclic) bond motifs is 1. The van der Waals surface area contributed by atoms with E-state index in [-0.39, 0.29) is 12.7 Å². The van der Waals surface area contributed by atoms with Gasteiger partial charge in [-0.05, 0) is 36.4 Å². The quantitative estimate of drug-likeness (QED) is 0.872. The number of hydrogen-bond acceptors (Lipinski definition) is 5. The summed E-state index contributed by atoms with van der Waals surface area (Å²) in [4.78, 5) is 13.1. The van der Waals surface area contributed by atoms with Crippen molar-refractivity contribution in [3.05, 3.63) is 40.1 Å². The highest BCUT2D eigenvalue weighted by Crippen LogP contribution is 2.35. The van der Waals surface area contributed by atoms with Crippen LogP contribution in [0.3, 0.4) is 0 Å². The first kappa shape index (κ1) is 16.3. The zero-order valence-electron chi connectivity index (χ0n) is 14.0. The first-order valence-corrected chi connectivity index (χ1v) is 9.56. The Morgan fingerprint density at radius 1 is 1.16 bits per heavy atom. The fraction of sp³-hybridized carbons (Fsp3) is 0.421. The lowest BCUT2D eigenvalue weighted by Crippen LogP contribution is -2.35. The van der Waals surface area contributed by atoms with Crippen LogP contribution >= 0.6 is 11.3 Å². The van der Waals surface area contributed by atoms with Crippen molar-refractivity contribution in [1.82, 2.24) is 5.32 Å². The molecule has 0 atom stereocenters. The summed E-state index contributed by atoms with van der Waals surface area (Å²) in [5.41, 5.74) is 0.997. The lowest BCUT2D eigenvalue weighted by atomic mass is 9.95. The number of carbonyl (C=O) groups is 1. The molecule has 1 fully saturated rings. The Morgan fingerprint density at radius 3 is 2.88 bits per heavy atom. The van der Waals surface area contributed by atoms with Crippen LogP contribution in [0.2, 0.25) is 0 Å². The van der Waals surface area contributed by atoms with E-state index in [4.69, 9.17) is 14.2 Å². The van der Waals surface area contributed by atoms with Gasteiger partial charge in [-0.3, -0.25) is 4.79 Å². The summed E-state index contributed by atoms with van der Waals surface area (Å²) in [5, 5.41) is 5.13. The highest BCUT2D eigenvalue weighted by Gasteiger charge is 2.18. The third kappa shape index (κ3) is 3.90. The predicted octanol–water partition coefficient (Wildman–Crippen LogP) is 4.12. The van der Waals surface area contributed by atoms with Crippen LogP contribution in [0.25, 0.3) is 0 Å². The Hall–Kier alpha value is -2.21. The predicted molar refractivity (Wildman–Crippen MR) is 95.6 cm³/mol. The zero-order valence-corrected chi connectivity index (χ0v) is 14.8. The van der Waals surface area contributed by atoms with Crippen molar-refractivity contribution < 1.29 is 19.0 Å². The summed E-state index contributed by atoms with van der Waals surface area (Å²) in [6, 6.07) is 7.77. The van der Waals surface area contributed by atoms with E-state index in [2.05, 4.69) is 5.32 Å². The van der Waals surface area contributed by atoms with Crippen molar-refractivity contribution in [2.75, 3.05) is 6.79 Å². The molecular weight excluding hydrogens is 338 g/mol. The van der Waals surface area contributed by atoms with Crippen molar-refractivity contribution in [2.24, 2.45) is 0 Å². The van der Waals surface area contributed by atoms with Crippen LogP contribution in [0.5, 0.6) is 17.2 Å². The van der Waals surface area contributed by atoms with Crippen LogP contribution in [-0.2, 0) is 6.61 Å². The van der Waals surface area contributed by atoms with Gasteiger partial charge in [0.05, 0.1) is 4.88 Å². The fourth-order valence-electron chi connectivity index (χ4n) is 3.21. The highest BCUT2D eigenvalue weighted by molar-refractivity contribution is 7.12. The van der Waals surface area contributed by atoms with Gasteiger partial charge in [0.15, 0.2) is 11.5 Å². The maximum atomic E-state index is 12.4. The number of amides is 1. The van der Waals surface area contributed by atoms with Crippen LogP contribution in [0.1, 0.15) is 47.3 Å². The minimum atomic E-state index is 0.0335. The molecule has 1 aliphatic heterocycles. The Kier molecular flexibility index (Phi) is 4.78. The van der Waals surface area contributed by atoms with Gasteiger partial charge in [-0.15, -0.1) is 11.3 Å². The van der Waals surface area contributed by atoms with Crippen LogP contribution in [-0.4, -0.2) is 18.7 Å². The molecule has 2 heterocycles. The first-order valence-electron chi connectivity index (χ1n) is 8.69. The van der Waals surface area contributed by atoms with E-state index in [0.29, 0.717) is 18.4 Å². The van der Waals surface area contributed by atoms with Crippen LogP contribution in [0, 0.1) is 0 Å². The van der Waals surface area contributed by atoms with Crippen molar-refractivity contribution >= 4 is 17.2 Å². The van der Waals surface area contributed by atoms with E-state index < -0.39 is 0 Å². The molecule has 1 aromatic heterocycles. The SMILES string of the molecule is O=C(NC1CCCCC1)c1cc(COc2ccc3c(c2)OCO3)cs1. The summed E-state index contributed by atoms with van der Waals surface area (Å²) in [5.74, 6) is 2.20. The number of carbonyl (C=O) groups excluding carboxylic acids is 1. The van der Waals surface area contributed by atoms with Gasteiger partial charge in [0, 0.05) is 17.7 Å². The molecule has 25 heavy (non-hydrogen) atoms. The van der Waals surface area contributed by atoms with Gasteiger partial charge in [-0.2, -0.15) is 0 Å². The van der Waals surface area contributed by atoms with Gasteiger partial charge in [-0.25, -0.2) is 0 Å². The minimum Gasteiger partial charge on any atom is -0.489 e. The van der Waals surface area contributed by atoms with Gasteiger partial charge < -0.3 is 19.5 Å². The van der Waals surface area contributed by atoms with Gasteiger partial charge in [-0.1, -0.05) is 19.3 Å². The topological polar surface area (TPSA) is 56.8 Å². The number of nitrogens with one attached hydrogen (secondary N) is 1. The van der Waals surface area contributed by atoms with E-state index in [9.17, 15) is 4.79 Å². The summed E-state index contributed by atoms with van der Waals surface area (Å²) < 4.78 is 16.4. The maximum Gasteiger partial charge on any atom is 0.261 e. The minimum absolute atomic E-state index is 0.0335. The average molecular weight is 359 g/mol. The largest absolute Gasteiger partial charge is 0.489 e. The number of benzene rings is 1. The smallest absolute Gasteiger partial charge is 0.261 e. The molecule has 5 nitrogen and oxygen atoms in total. The third-order valence-electron chi connectivity index (χ3n) is 4.57. The molecule has 1 N–H and O–H groups in total. The lowest BCUT2D eigenvalue weighted by Gasteiger charge is -2.22. The number of hydrogen-bond donors (Lipinski definition) is 1. The van der Waals surface area contributed by atoms with Crippen molar-refractivity contribution in [2.45, 2.75) is 44.8 Å². The van der Waals surface area contributed by atoms with Crippen LogP contribution < -0.4 is 19.5 Å². The molecule has 1 amide bonds. The van der Waals surface area contributed by atoms with E-state index in [1.165, 1.54) is 30.6 Å². The van der Waals surface area contributed by atoms with E-state index in [1.54, 1.807) is 0 Å². The molecule has 1 aromatic carbocycles. The number of ether oxygens (including phenoxy) is 3. The molecule has 2 aromatic rings. The van der Waals surface area contributed by atoms with E-state index in [0.717, 1.165) is 34.8 Å². The Morgan fingerprint density at radius 2 is 2.00 bits per heavy atom. The molecule has 2 aliphatic rings. The molecule has 6 heteroatoms. The molecule has 132 valence electrons. The molecule has 0 radical (unpaired) electrons. The van der Waals surface area contributed by atoms with Gasteiger partial charge in [0.25, 0.3) is 5.91 Å². The molecule has 1 aliphatic carbocycles. The monoisotopic (exact) mass is 359 g/mol. The summed E-state index contributed by atoms with van der Waals surface area (Å²) in [6.07, 6.45) is 5.90. The fourth-order valence-corrected chi connectivity index (χ4v) is 4.01. The van der Waals surface area contributed by atoms with Crippen LogP contribution in [0.15, 0.2) is 29.6 Å². The third-order valence-corrected chi connectivity index (χ3v) is 5.55. The average Bonchev–Trinajstić information content (AvgIpc) is 3.29. The second-order valence-electron chi connectivity index (χ2n) is 6.43. The number of rotatable bonds is 5. The van der Waals surface area contributed by atoms with Gasteiger partial charge in [0.1, 0.15) is 12.4 Å². The highest BCUT2D eigenvalue weighted by atomic mass is 32.1. The lowest BCUT2D eigenvalue weighted by molar-refractivity contribution is 0.0931. The van der Waals surface area contributed by atoms with E-state index >= 15 is 0 Å².